The van der Waals surface area contributed by atoms with Gasteiger partial charge < -0.3 is 10.4 Å². The summed E-state index contributed by atoms with van der Waals surface area (Å²) in [7, 11) is 0. The van der Waals surface area contributed by atoms with E-state index in [0.717, 1.165) is 5.56 Å². The number of aromatic amines is 2. The normalized spacial score (nSPS) is 10.3. The lowest BCUT2D eigenvalue weighted by Crippen LogP contribution is -2.24. The highest BCUT2D eigenvalue weighted by atomic mass is 35.5. The SMILES string of the molecule is O=c1[nH]c(O)c(NCc2ccc(Cl)cc2)c(=O)[nH]1. The fourth-order valence-electron chi connectivity index (χ4n) is 1.43. The molecule has 0 unspecified atom stereocenters. The third-order valence-electron chi connectivity index (χ3n) is 2.31. The third-order valence-corrected chi connectivity index (χ3v) is 2.56. The molecule has 7 heteroatoms. The number of H-pyrrole nitrogens is 2. The largest absolute Gasteiger partial charge is 0.493 e. The van der Waals surface area contributed by atoms with Crippen molar-refractivity contribution < 1.29 is 5.11 Å². The lowest BCUT2D eigenvalue weighted by atomic mass is 10.2. The van der Waals surface area contributed by atoms with Crippen LogP contribution in [0.2, 0.25) is 5.02 Å². The quantitative estimate of drug-likeness (QED) is 0.668. The Bertz CT molecular complexity index is 660. The van der Waals surface area contributed by atoms with E-state index in [2.05, 4.69) is 10.3 Å². The molecular weight excluding hydrogens is 258 g/mol. The maximum absolute atomic E-state index is 11.4. The fraction of sp³-hybridized carbons (Fsp3) is 0.0909. The smallest absolute Gasteiger partial charge is 0.328 e. The van der Waals surface area contributed by atoms with Crippen LogP contribution in [0, 0.1) is 0 Å². The summed E-state index contributed by atoms with van der Waals surface area (Å²) in [6.45, 7) is 0.319. The zero-order valence-electron chi connectivity index (χ0n) is 9.16. The first-order valence-corrected chi connectivity index (χ1v) is 5.48. The van der Waals surface area contributed by atoms with Gasteiger partial charge in [0.2, 0.25) is 5.88 Å². The van der Waals surface area contributed by atoms with E-state index in [1.54, 1.807) is 24.3 Å². The molecule has 18 heavy (non-hydrogen) atoms. The number of halogens is 1. The van der Waals surface area contributed by atoms with E-state index in [9.17, 15) is 14.7 Å². The van der Waals surface area contributed by atoms with E-state index in [1.807, 2.05) is 4.98 Å². The van der Waals surface area contributed by atoms with Gasteiger partial charge in [-0.3, -0.25) is 14.8 Å². The van der Waals surface area contributed by atoms with E-state index in [0.29, 0.717) is 11.6 Å². The van der Waals surface area contributed by atoms with Gasteiger partial charge in [-0.25, -0.2) is 4.79 Å². The van der Waals surface area contributed by atoms with Gasteiger partial charge in [-0.15, -0.1) is 0 Å². The van der Waals surface area contributed by atoms with Crippen molar-refractivity contribution in [3.63, 3.8) is 0 Å². The Balaban J connectivity index is 2.18. The van der Waals surface area contributed by atoms with Crippen molar-refractivity contribution in [2.75, 3.05) is 5.32 Å². The maximum atomic E-state index is 11.4. The number of hydrogen-bond donors (Lipinski definition) is 4. The first-order valence-electron chi connectivity index (χ1n) is 5.10. The lowest BCUT2D eigenvalue weighted by molar-refractivity contribution is 0.451. The molecule has 1 heterocycles. The van der Waals surface area contributed by atoms with Crippen LogP contribution in [0.1, 0.15) is 5.56 Å². The monoisotopic (exact) mass is 267 g/mol. The van der Waals surface area contributed by atoms with Gasteiger partial charge in [0.1, 0.15) is 0 Å². The predicted octanol–water partition coefficient (Wildman–Crippen LogP) is 1.03. The van der Waals surface area contributed by atoms with Crippen molar-refractivity contribution in [1.82, 2.24) is 9.97 Å². The number of nitrogens with one attached hydrogen (secondary N) is 3. The first kappa shape index (κ1) is 12.3. The summed E-state index contributed by atoms with van der Waals surface area (Å²) in [5, 5.41) is 12.8. The second-order valence-corrected chi connectivity index (χ2v) is 4.05. The van der Waals surface area contributed by atoms with Gasteiger partial charge in [-0.05, 0) is 17.7 Å². The van der Waals surface area contributed by atoms with Gasteiger partial charge >= 0.3 is 5.69 Å². The Kier molecular flexibility index (Phi) is 3.38. The van der Waals surface area contributed by atoms with Crippen molar-refractivity contribution in [3.8, 4) is 5.88 Å². The molecular formula is C11H10ClN3O3. The zero-order valence-corrected chi connectivity index (χ0v) is 9.91. The first-order chi connectivity index (χ1) is 8.56. The summed E-state index contributed by atoms with van der Waals surface area (Å²) >= 11 is 5.74. The van der Waals surface area contributed by atoms with Crippen molar-refractivity contribution in [1.29, 1.82) is 0 Å². The average molecular weight is 268 g/mol. The Morgan fingerprint density at radius 2 is 1.83 bits per heavy atom. The van der Waals surface area contributed by atoms with Gasteiger partial charge in [-0.1, -0.05) is 23.7 Å². The molecule has 0 bridgehead atoms. The van der Waals surface area contributed by atoms with Crippen LogP contribution in [-0.4, -0.2) is 15.1 Å². The van der Waals surface area contributed by atoms with Crippen LogP contribution < -0.4 is 16.6 Å². The van der Waals surface area contributed by atoms with Crippen LogP contribution >= 0.6 is 11.6 Å². The molecule has 2 rings (SSSR count). The predicted molar refractivity (Wildman–Crippen MR) is 68.1 cm³/mol. The van der Waals surface area contributed by atoms with E-state index in [1.165, 1.54) is 0 Å². The zero-order chi connectivity index (χ0) is 13.1. The number of anilines is 1. The molecule has 0 aliphatic rings. The fourth-order valence-corrected chi connectivity index (χ4v) is 1.56. The molecule has 1 aromatic carbocycles. The molecule has 4 N–H and O–H groups in total. The minimum atomic E-state index is -0.755. The molecule has 1 aromatic heterocycles. The van der Waals surface area contributed by atoms with Crippen LogP contribution in [0.5, 0.6) is 5.88 Å². The number of aromatic hydroxyl groups is 1. The van der Waals surface area contributed by atoms with E-state index >= 15 is 0 Å². The van der Waals surface area contributed by atoms with Crippen LogP contribution in [0.15, 0.2) is 33.9 Å². The highest BCUT2D eigenvalue weighted by molar-refractivity contribution is 6.30. The molecule has 0 aliphatic heterocycles. The molecule has 0 saturated heterocycles. The summed E-state index contributed by atoms with van der Waals surface area (Å²) in [4.78, 5) is 26.4. The molecule has 0 saturated carbocycles. The Hall–Kier alpha value is -2.21. The van der Waals surface area contributed by atoms with Gasteiger partial charge in [0.15, 0.2) is 5.69 Å². The van der Waals surface area contributed by atoms with Crippen molar-refractivity contribution in [2.24, 2.45) is 0 Å². The summed E-state index contributed by atoms with van der Waals surface area (Å²) < 4.78 is 0. The van der Waals surface area contributed by atoms with Crippen LogP contribution in [0.25, 0.3) is 0 Å². The van der Waals surface area contributed by atoms with E-state index in [4.69, 9.17) is 11.6 Å². The number of rotatable bonds is 3. The minimum Gasteiger partial charge on any atom is -0.493 e. The maximum Gasteiger partial charge on any atom is 0.328 e. The molecule has 0 spiro atoms. The van der Waals surface area contributed by atoms with Crippen molar-refractivity contribution >= 4 is 17.3 Å². The van der Waals surface area contributed by atoms with Crippen molar-refractivity contribution in [3.05, 3.63) is 55.7 Å². The Morgan fingerprint density at radius 3 is 2.44 bits per heavy atom. The highest BCUT2D eigenvalue weighted by Crippen LogP contribution is 2.14. The summed E-state index contributed by atoms with van der Waals surface area (Å²) in [5.74, 6) is -0.488. The Morgan fingerprint density at radius 1 is 1.17 bits per heavy atom. The minimum absolute atomic E-state index is 0.0791. The molecule has 0 amide bonds. The van der Waals surface area contributed by atoms with Crippen LogP contribution in [-0.2, 0) is 6.54 Å². The Labute approximate surface area is 106 Å². The summed E-state index contributed by atoms with van der Waals surface area (Å²) in [6, 6.07) is 7.00. The lowest BCUT2D eigenvalue weighted by Gasteiger charge is -2.06. The highest BCUT2D eigenvalue weighted by Gasteiger charge is 2.07. The second-order valence-electron chi connectivity index (χ2n) is 3.61. The van der Waals surface area contributed by atoms with Crippen molar-refractivity contribution in [2.45, 2.75) is 6.54 Å². The average Bonchev–Trinajstić information content (AvgIpc) is 2.30. The number of benzene rings is 1. The van der Waals surface area contributed by atoms with Gasteiger partial charge in [0.25, 0.3) is 5.56 Å². The second kappa shape index (κ2) is 4.97. The van der Waals surface area contributed by atoms with Crippen LogP contribution in [0.4, 0.5) is 5.69 Å². The summed E-state index contributed by atoms with van der Waals surface area (Å²) in [6.07, 6.45) is 0. The van der Waals surface area contributed by atoms with Crippen LogP contribution in [0.3, 0.4) is 0 Å². The van der Waals surface area contributed by atoms with Gasteiger partial charge in [0.05, 0.1) is 0 Å². The molecule has 94 valence electrons. The van der Waals surface area contributed by atoms with Gasteiger partial charge in [-0.2, -0.15) is 0 Å². The van der Waals surface area contributed by atoms with E-state index < -0.39 is 17.1 Å². The topological polar surface area (TPSA) is 98.0 Å². The molecule has 0 aliphatic carbocycles. The molecule has 0 radical (unpaired) electrons. The van der Waals surface area contributed by atoms with E-state index in [-0.39, 0.29) is 5.69 Å². The summed E-state index contributed by atoms with van der Waals surface area (Å²) in [5.41, 5.74) is -0.631. The number of hydrogen-bond acceptors (Lipinski definition) is 4. The third kappa shape index (κ3) is 2.72. The molecule has 0 atom stereocenters. The standard InChI is InChI=1S/C11H10ClN3O3/c12-7-3-1-6(2-4-7)5-13-8-9(16)14-11(18)15-10(8)17/h1-4,13H,5H2,(H3,14,15,16,17,18). The molecule has 2 aromatic rings. The molecule has 6 nitrogen and oxygen atoms in total. The molecule has 0 fully saturated rings. The van der Waals surface area contributed by atoms with Gasteiger partial charge in [0, 0.05) is 11.6 Å². The number of aromatic nitrogens is 2.